The zero-order chi connectivity index (χ0) is 38.4. The molecule has 0 saturated carbocycles. The van der Waals surface area contributed by atoms with Gasteiger partial charge in [0, 0.05) is 18.7 Å². The van der Waals surface area contributed by atoms with Crippen LogP contribution in [0.3, 0.4) is 0 Å². The van der Waals surface area contributed by atoms with E-state index in [9.17, 15) is 14.4 Å². The molecule has 11 nitrogen and oxygen atoms in total. The van der Waals surface area contributed by atoms with Crippen LogP contribution in [0.25, 0.3) is 27.9 Å². The lowest BCUT2D eigenvalue weighted by molar-refractivity contribution is -0.121. The minimum atomic E-state index is -0.856. The van der Waals surface area contributed by atoms with Gasteiger partial charge in [0.15, 0.2) is 5.58 Å². The number of carbonyl (C=O) groups excluding carboxylic acids is 3. The molecular weight excluding hydrogens is 694 g/mol. The van der Waals surface area contributed by atoms with E-state index in [1.807, 2.05) is 0 Å². The van der Waals surface area contributed by atoms with Gasteiger partial charge in [-0.05, 0) is 89.9 Å². The van der Waals surface area contributed by atoms with Crippen molar-refractivity contribution in [2.75, 3.05) is 23.7 Å². The van der Waals surface area contributed by atoms with Crippen molar-refractivity contribution in [3.8, 4) is 17.2 Å². The third kappa shape index (κ3) is 9.71. The summed E-state index contributed by atoms with van der Waals surface area (Å²) in [5.74, 6) is 0.0173. The number of carbonyl (C=O) groups is 3. The molecule has 0 spiro atoms. The zero-order valence-electron chi connectivity index (χ0n) is 30.6. The van der Waals surface area contributed by atoms with Crippen molar-refractivity contribution in [2.45, 2.75) is 59.6 Å². The van der Waals surface area contributed by atoms with E-state index >= 15 is 8.78 Å². The quantitative estimate of drug-likeness (QED) is 0.0895. The van der Waals surface area contributed by atoms with Gasteiger partial charge in [-0.25, -0.2) is 18.6 Å². The molecule has 0 aliphatic carbocycles. The van der Waals surface area contributed by atoms with Crippen LogP contribution >= 0.6 is 0 Å². The summed E-state index contributed by atoms with van der Waals surface area (Å²) in [6.07, 6.45) is 1.39. The number of oxazole rings is 1. The van der Waals surface area contributed by atoms with Gasteiger partial charge in [-0.15, -0.1) is 0 Å². The van der Waals surface area contributed by atoms with Gasteiger partial charge < -0.3 is 35.7 Å². The molecule has 4 amide bonds. The Bertz CT molecular complexity index is 2170. The molecule has 0 saturated heterocycles. The van der Waals surface area contributed by atoms with E-state index in [0.29, 0.717) is 58.6 Å². The molecule has 4 N–H and O–H groups in total. The predicted octanol–water partition coefficient (Wildman–Crippen LogP) is 8.92. The fourth-order valence-corrected chi connectivity index (χ4v) is 5.80. The topological polar surface area (TPSA) is 149 Å². The number of ether oxygens (including phenoxy) is 1. The maximum Gasteiger partial charge on any atom is 0.323 e. The number of nitrogens with one attached hydrogen (secondary N) is 4. The van der Waals surface area contributed by atoms with Crippen LogP contribution in [0, 0.1) is 23.5 Å². The summed E-state index contributed by atoms with van der Waals surface area (Å²) in [6.45, 7) is 9.62. The fourth-order valence-electron chi connectivity index (χ4n) is 5.80. The van der Waals surface area contributed by atoms with E-state index in [1.165, 1.54) is 30.3 Å². The third-order valence-corrected chi connectivity index (χ3v) is 8.78. The molecule has 1 aliphatic heterocycles. The van der Waals surface area contributed by atoms with Crippen molar-refractivity contribution in [2.24, 2.45) is 11.8 Å². The average Bonchev–Trinajstić information content (AvgIpc) is 3.74. The van der Waals surface area contributed by atoms with Crippen LogP contribution < -0.4 is 26.0 Å². The lowest BCUT2D eigenvalue weighted by atomic mass is 10.1. The molecule has 13 heteroatoms. The van der Waals surface area contributed by atoms with Crippen molar-refractivity contribution < 1.29 is 32.3 Å². The standard InChI is InChI=1S/C41H43F2N6O5/c1-23(2)13-15-44-37(50)19-25-5-11-35-33(17-25)46-39(53-35)27-7-9-31(29(42)21-27)48-41(52)49-32-10-8-28(22-30(32)43)40-47-34-18-26(6-12-36(34)54-40)20-38(51)45-16-14-24(3)4/h5-12,17-18,21-24,39H,13-16,19-20H2,1-4H3,(H,44,50)(H,45,51)(H2,47,48,49,52)/q-1. The highest BCUT2D eigenvalue weighted by Crippen LogP contribution is 2.47. The number of hydrogen-bond acceptors (Lipinski definition) is 6. The molecule has 0 fully saturated rings. The van der Waals surface area contributed by atoms with Crippen molar-refractivity contribution in [3.63, 3.8) is 0 Å². The number of urea groups is 1. The highest BCUT2D eigenvalue weighted by atomic mass is 19.1. The number of hydrogen-bond donors (Lipinski definition) is 4. The van der Waals surface area contributed by atoms with Crippen LogP contribution in [-0.2, 0) is 22.4 Å². The van der Waals surface area contributed by atoms with Gasteiger partial charge in [0.2, 0.25) is 17.7 Å². The normalized spacial score (nSPS) is 13.4. The Morgan fingerprint density at radius 3 is 2.00 bits per heavy atom. The summed E-state index contributed by atoms with van der Waals surface area (Å²) in [4.78, 5) is 41.9. The van der Waals surface area contributed by atoms with Crippen molar-refractivity contribution in [1.29, 1.82) is 0 Å². The molecule has 1 aliphatic rings. The van der Waals surface area contributed by atoms with Gasteiger partial charge in [-0.1, -0.05) is 57.6 Å². The van der Waals surface area contributed by atoms with E-state index in [-0.39, 0.29) is 41.9 Å². The lowest BCUT2D eigenvalue weighted by Crippen LogP contribution is -2.26. The predicted molar refractivity (Wildman–Crippen MR) is 204 cm³/mol. The summed E-state index contributed by atoms with van der Waals surface area (Å²) >= 11 is 0. The molecular formula is C41H43F2N6O5-. The second kappa shape index (κ2) is 16.8. The molecule has 2 heterocycles. The number of nitrogens with zero attached hydrogens (tertiary/aromatic N) is 2. The number of rotatable bonds is 14. The maximum absolute atomic E-state index is 15.2. The van der Waals surface area contributed by atoms with Gasteiger partial charge in [0.05, 0.1) is 30.4 Å². The summed E-state index contributed by atoms with van der Waals surface area (Å²) in [5, 5.41) is 15.2. The Morgan fingerprint density at radius 2 is 1.37 bits per heavy atom. The minimum absolute atomic E-state index is 0.0776. The van der Waals surface area contributed by atoms with Gasteiger partial charge in [0.25, 0.3) is 0 Å². The second-order valence-corrected chi connectivity index (χ2v) is 14.2. The van der Waals surface area contributed by atoms with Crippen molar-refractivity contribution in [3.05, 3.63) is 106 Å². The molecule has 282 valence electrons. The SMILES string of the molecule is CC(C)CCNC(=O)Cc1ccc2c(c1)[N-]C(c1ccc(NC(=O)Nc3ccc(-c4nc5cc(CC(=O)NCCC(C)C)ccc5o4)cc3F)c(F)c1)O2. The summed E-state index contributed by atoms with van der Waals surface area (Å²) in [7, 11) is 0. The average molecular weight is 738 g/mol. The minimum Gasteiger partial charge on any atom is -0.643 e. The van der Waals surface area contributed by atoms with E-state index in [0.717, 1.165) is 24.0 Å². The Hall–Kier alpha value is -5.98. The Morgan fingerprint density at radius 1 is 0.759 bits per heavy atom. The van der Waals surface area contributed by atoms with Crippen LogP contribution in [0.1, 0.15) is 63.5 Å². The molecule has 0 radical (unpaired) electrons. The molecule has 4 aromatic carbocycles. The molecule has 6 rings (SSSR count). The molecule has 1 aromatic heterocycles. The maximum atomic E-state index is 15.2. The van der Waals surface area contributed by atoms with E-state index < -0.39 is 23.9 Å². The molecule has 54 heavy (non-hydrogen) atoms. The van der Waals surface area contributed by atoms with Crippen LogP contribution in [0.15, 0.2) is 77.2 Å². The number of benzene rings is 4. The van der Waals surface area contributed by atoms with E-state index in [1.54, 1.807) is 42.5 Å². The van der Waals surface area contributed by atoms with Crippen molar-refractivity contribution >= 4 is 46.0 Å². The van der Waals surface area contributed by atoms with Gasteiger partial charge >= 0.3 is 6.03 Å². The second-order valence-electron chi connectivity index (χ2n) is 14.2. The lowest BCUT2D eigenvalue weighted by Gasteiger charge is -2.23. The van der Waals surface area contributed by atoms with Crippen LogP contribution in [0.5, 0.6) is 5.75 Å². The van der Waals surface area contributed by atoms with Crippen LogP contribution in [0.2, 0.25) is 0 Å². The number of anilines is 2. The van der Waals surface area contributed by atoms with E-state index in [2.05, 4.69) is 59.3 Å². The molecule has 1 unspecified atom stereocenters. The van der Waals surface area contributed by atoms with Gasteiger partial charge in [-0.2, -0.15) is 0 Å². The van der Waals surface area contributed by atoms with Crippen molar-refractivity contribution in [1.82, 2.24) is 15.6 Å². The van der Waals surface area contributed by atoms with Crippen LogP contribution in [-0.4, -0.2) is 35.9 Å². The molecule has 1 atom stereocenters. The Kier molecular flexibility index (Phi) is 11.7. The first-order valence-corrected chi connectivity index (χ1v) is 18.0. The van der Waals surface area contributed by atoms with Crippen LogP contribution in [0.4, 0.5) is 30.6 Å². The van der Waals surface area contributed by atoms with E-state index in [4.69, 9.17) is 9.15 Å². The third-order valence-electron chi connectivity index (χ3n) is 8.78. The first kappa shape index (κ1) is 37.8. The number of halogens is 2. The number of aromatic nitrogens is 1. The zero-order valence-corrected chi connectivity index (χ0v) is 30.6. The summed E-state index contributed by atoms with van der Waals surface area (Å²) < 4.78 is 42.1. The summed E-state index contributed by atoms with van der Waals surface area (Å²) in [6, 6.07) is 17.9. The number of amides is 4. The molecule has 5 aromatic rings. The highest BCUT2D eigenvalue weighted by Gasteiger charge is 2.18. The molecule has 0 bridgehead atoms. The first-order chi connectivity index (χ1) is 25.9. The first-order valence-electron chi connectivity index (χ1n) is 18.0. The Balaban J connectivity index is 1.02. The monoisotopic (exact) mass is 737 g/mol. The van der Waals surface area contributed by atoms with Gasteiger partial charge in [0.1, 0.15) is 22.9 Å². The number of fused-ring (bicyclic) bond motifs is 2. The summed E-state index contributed by atoms with van der Waals surface area (Å²) in [5.41, 5.74) is 3.59. The fraction of sp³-hybridized carbons (Fsp3) is 0.317. The largest absolute Gasteiger partial charge is 0.643 e. The van der Waals surface area contributed by atoms with Gasteiger partial charge in [-0.3, -0.25) is 9.59 Å². The highest BCUT2D eigenvalue weighted by molar-refractivity contribution is 6.00. The Labute approximate surface area is 312 Å². The smallest absolute Gasteiger partial charge is 0.323 e.